The number of aromatic nitrogens is 1. The van der Waals surface area contributed by atoms with E-state index < -0.39 is 0 Å². The Hall–Kier alpha value is -1.38. The third kappa shape index (κ3) is 2.65. The summed E-state index contributed by atoms with van der Waals surface area (Å²) in [6.45, 7) is 3.24. The Labute approximate surface area is 103 Å². The van der Waals surface area contributed by atoms with Gasteiger partial charge in [-0.1, -0.05) is 13.3 Å². The molecule has 17 heavy (non-hydrogen) atoms. The summed E-state index contributed by atoms with van der Waals surface area (Å²) in [4.78, 5) is 17.8. The average molecular weight is 232 g/mol. The van der Waals surface area contributed by atoms with Crippen molar-refractivity contribution in [1.29, 1.82) is 0 Å². The third-order valence-corrected chi connectivity index (χ3v) is 3.46. The van der Waals surface area contributed by atoms with Gasteiger partial charge in [-0.05, 0) is 37.8 Å². The lowest BCUT2D eigenvalue weighted by Gasteiger charge is -2.37. The van der Waals surface area contributed by atoms with Crippen molar-refractivity contribution >= 4 is 12.1 Å². The number of carbonyl (C=O) groups excluding carboxylic acids is 1. The van der Waals surface area contributed by atoms with Gasteiger partial charge in [0.05, 0.1) is 5.56 Å². The summed E-state index contributed by atoms with van der Waals surface area (Å²) < 4.78 is 0. The molecule has 0 bridgehead atoms. The van der Waals surface area contributed by atoms with Crippen molar-refractivity contribution in [2.24, 2.45) is 0 Å². The first kappa shape index (κ1) is 12.1. The molecule has 1 aromatic heterocycles. The normalized spacial score (nSPS) is 20.3. The van der Waals surface area contributed by atoms with E-state index in [9.17, 15) is 4.79 Å². The quantitative estimate of drug-likeness (QED) is 0.748. The smallest absolute Gasteiger partial charge is 0.153 e. The van der Waals surface area contributed by atoms with E-state index >= 15 is 0 Å². The molecule has 0 radical (unpaired) electrons. The lowest BCUT2D eigenvalue weighted by atomic mass is 9.98. The monoisotopic (exact) mass is 232 g/mol. The lowest BCUT2D eigenvalue weighted by Crippen LogP contribution is -2.40. The Morgan fingerprint density at radius 2 is 2.41 bits per heavy atom. The fraction of sp³-hybridized carbons (Fsp3) is 0.571. The molecule has 0 N–H and O–H groups in total. The van der Waals surface area contributed by atoms with E-state index in [0.717, 1.165) is 24.2 Å². The van der Waals surface area contributed by atoms with Crippen LogP contribution in [0.4, 0.5) is 5.82 Å². The molecule has 1 unspecified atom stereocenters. The van der Waals surface area contributed by atoms with Crippen LogP contribution in [0.25, 0.3) is 0 Å². The summed E-state index contributed by atoms with van der Waals surface area (Å²) in [5.41, 5.74) is 0.718. The second-order valence-corrected chi connectivity index (χ2v) is 4.67. The first-order valence-electron chi connectivity index (χ1n) is 6.53. The van der Waals surface area contributed by atoms with Gasteiger partial charge < -0.3 is 4.90 Å². The van der Waals surface area contributed by atoms with Crippen molar-refractivity contribution < 1.29 is 4.79 Å². The van der Waals surface area contributed by atoms with Gasteiger partial charge in [0, 0.05) is 18.8 Å². The zero-order valence-electron chi connectivity index (χ0n) is 10.4. The largest absolute Gasteiger partial charge is 0.353 e. The summed E-state index contributed by atoms with van der Waals surface area (Å²) in [6.07, 6.45) is 8.79. The van der Waals surface area contributed by atoms with Crippen molar-refractivity contribution in [1.82, 2.24) is 4.98 Å². The highest BCUT2D eigenvalue weighted by molar-refractivity contribution is 5.82. The van der Waals surface area contributed by atoms with E-state index in [0.29, 0.717) is 6.04 Å². The highest BCUT2D eigenvalue weighted by atomic mass is 16.1. The molecule has 0 saturated carbocycles. The minimum absolute atomic E-state index is 0.558. The van der Waals surface area contributed by atoms with Crippen LogP contribution in [0, 0.1) is 0 Å². The van der Waals surface area contributed by atoms with E-state index in [-0.39, 0.29) is 0 Å². The van der Waals surface area contributed by atoms with Gasteiger partial charge in [0.1, 0.15) is 5.82 Å². The molecule has 1 aromatic rings. The van der Waals surface area contributed by atoms with Gasteiger partial charge in [-0.25, -0.2) is 4.98 Å². The van der Waals surface area contributed by atoms with Crippen LogP contribution < -0.4 is 4.90 Å². The van der Waals surface area contributed by atoms with Gasteiger partial charge in [0.15, 0.2) is 6.29 Å². The molecule has 92 valence electrons. The Kier molecular flexibility index (Phi) is 4.13. The lowest BCUT2D eigenvalue weighted by molar-refractivity contribution is 0.112. The van der Waals surface area contributed by atoms with Crippen molar-refractivity contribution in [3.05, 3.63) is 23.9 Å². The first-order chi connectivity index (χ1) is 8.36. The predicted octanol–water partition coefficient (Wildman–Crippen LogP) is 3.05. The van der Waals surface area contributed by atoms with Gasteiger partial charge in [0.25, 0.3) is 0 Å². The van der Waals surface area contributed by atoms with Gasteiger partial charge in [-0.15, -0.1) is 0 Å². The van der Waals surface area contributed by atoms with Crippen LogP contribution in [0.15, 0.2) is 18.3 Å². The number of pyridine rings is 1. The maximum Gasteiger partial charge on any atom is 0.153 e. The number of carbonyl (C=O) groups is 1. The van der Waals surface area contributed by atoms with E-state index in [1.807, 2.05) is 12.1 Å². The Bertz CT molecular complexity index is 376. The van der Waals surface area contributed by atoms with E-state index in [1.165, 1.54) is 32.1 Å². The molecule has 2 heterocycles. The zero-order valence-corrected chi connectivity index (χ0v) is 10.4. The molecule has 3 nitrogen and oxygen atoms in total. The fourth-order valence-corrected chi connectivity index (χ4v) is 2.65. The van der Waals surface area contributed by atoms with Crippen LogP contribution in [0.1, 0.15) is 49.4 Å². The van der Waals surface area contributed by atoms with Crippen LogP contribution in [0.5, 0.6) is 0 Å². The van der Waals surface area contributed by atoms with E-state index in [1.54, 1.807) is 6.20 Å². The standard InChI is InChI=1S/C14H20N2O/c1-2-6-13-8-3-4-10-16(13)14-12(11-17)7-5-9-15-14/h5,7,9,11,13H,2-4,6,8,10H2,1H3. The summed E-state index contributed by atoms with van der Waals surface area (Å²) in [6, 6.07) is 4.24. The predicted molar refractivity (Wildman–Crippen MR) is 69.5 cm³/mol. The van der Waals surface area contributed by atoms with Crippen molar-refractivity contribution in [2.75, 3.05) is 11.4 Å². The van der Waals surface area contributed by atoms with Gasteiger partial charge in [-0.3, -0.25) is 4.79 Å². The molecule has 0 spiro atoms. The Morgan fingerprint density at radius 3 is 3.18 bits per heavy atom. The van der Waals surface area contributed by atoms with E-state index in [4.69, 9.17) is 0 Å². The molecule has 1 fully saturated rings. The third-order valence-electron chi connectivity index (χ3n) is 3.46. The molecule has 1 aliphatic rings. The highest BCUT2D eigenvalue weighted by Crippen LogP contribution is 2.27. The molecular weight excluding hydrogens is 212 g/mol. The molecule has 1 saturated heterocycles. The van der Waals surface area contributed by atoms with Gasteiger partial charge in [-0.2, -0.15) is 0 Å². The summed E-state index contributed by atoms with van der Waals surface area (Å²) in [7, 11) is 0. The molecule has 2 rings (SSSR count). The summed E-state index contributed by atoms with van der Waals surface area (Å²) in [5, 5.41) is 0. The van der Waals surface area contributed by atoms with Crippen LogP contribution in [-0.4, -0.2) is 23.9 Å². The molecule has 3 heteroatoms. The van der Waals surface area contributed by atoms with Crippen LogP contribution >= 0.6 is 0 Å². The first-order valence-corrected chi connectivity index (χ1v) is 6.53. The SMILES string of the molecule is CCCC1CCCCN1c1ncccc1C=O. The van der Waals surface area contributed by atoms with E-state index in [2.05, 4.69) is 16.8 Å². The number of hydrogen-bond acceptors (Lipinski definition) is 3. The number of anilines is 1. The zero-order chi connectivity index (χ0) is 12.1. The number of aldehydes is 1. The highest BCUT2D eigenvalue weighted by Gasteiger charge is 2.24. The van der Waals surface area contributed by atoms with Gasteiger partial charge in [0.2, 0.25) is 0 Å². The maximum atomic E-state index is 11.1. The number of rotatable bonds is 4. The molecule has 1 atom stereocenters. The number of hydrogen-bond donors (Lipinski definition) is 0. The Balaban J connectivity index is 2.25. The number of nitrogens with zero attached hydrogens (tertiary/aromatic N) is 2. The minimum atomic E-state index is 0.558. The summed E-state index contributed by atoms with van der Waals surface area (Å²) in [5.74, 6) is 0.876. The van der Waals surface area contributed by atoms with Crippen molar-refractivity contribution in [3.63, 3.8) is 0 Å². The van der Waals surface area contributed by atoms with Gasteiger partial charge >= 0.3 is 0 Å². The van der Waals surface area contributed by atoms with Crippen LogP contribution in [-0.2, 0) is 0 Å². The fourth-order valence-electron chi connectivity index (χ4n) is 2.65. The molecule has 0 aromatic carbocycles. The summed E-state index contributed by atoms with van der Waals surface area (Å²) >= 11 is 0. The topological polar surface area (TPSA) is 33.2 Å². The number of piperidine rings is 1. The maximum absolute atomic E-state index is 11.1. The van der Waals surface area contributed by atoms with Crippen molar-refractivity contribution in [2.45, 2.75) is 45.1 Å². The Morgan fingerprint density at radius 1 is 1.53 bits per heavy atom. The minimum Gasteiger partial charge on any atom is -0.353 e. The molecule has 0 amide bonds. The molecule has 1 aliphatic heterocycles. The second kappa shape index (κ2) is 5.80. The average Bonchev–Trinajstić information content (AvgIpc) is 2.40. The van der Waals surface area contributed by atoms with Crippen LogP contribution in [0.3, 0.4) is 0 Å². The molecule has 0 aliphatic carbocycles. The van der Waals surface area contributed by atoms with Crippen molar-refractivity contribution in [3.8, 4) is 0 Å². The second-order valence-electron chi connectivity index (χ2n) is 4.67. The van der Waals surface area contributed by atoms with Crippen LogP contribution in [0.2, 0.25) is 0 Å². The molecular formula is C14H20N2O.